The highest BCUT2D eigenvalue weighted by Gasteiger charge is 2.42. The molecule has 2 aromatic rings. The Morgan fingerprint density at radius 3 is 2.41 bits per heavy atom. The molecule has 0 aliphatic carbocycles. The van der Waals surface area contributed by atoms with Gasteiger partial charge >= 0.3 is 6.09 Å². The van der Waals surface area contributed by atoms with Crippen LogP contribution >= 0.6 is 0 Å². The van der Waals surface area contributed by atoms with Gasteiger partial charge in [0.1, 0.15) is 12.4 Å². The molecule has 1 amide bonds. The van der Waals surface area contributed by atoms with Gasteiger partial charge in [-0.15, -0.1) is 0 Å². The lowest BCUT2D eigenvalue weighted by Crippen LogP contribution is -2.55. The Bertz CT molecular complexity index is 783. The molecule has 1 fully saturated rings. The molecule has 0 unspecified atom stereocenters. The highest BCUT2D eigenvalue weighted by molar-refractivity contribution is 5.68. The van der Waals surface area contributed by atoms with Gasteiger partial charge in [0, 0.05) is 18.5 Å². The molecule has 2 aromatic carbocycles. The van der Waals surface area contributed by atoms with E-state index in [1.165, 1.54) is 0 Å². The normalized spacial score (nSPS) is 19.7. The second-order valence-corrected chi connectivity index (χ2v) is 8.26. The number of rotatable bonds is 6. The van der Waals surface area contributed by atoms with E-state index in [4.69, 9.17) is 9.47 Å². The maximum atomic E-state index is 12.9. The van der Waals surface area contributed by atoms with Gasteiger partial charge in [-0.05, 0) is 56.4 Å². The molecular weight excluding hydrogens is 366 g/mol. The van der Waals surface area contributed by atoms with E-state index in [2.05, 4.69) is 0 Å². The van der Waals surface area contributed by atoms with E-state index in [-0.39, 0.29) is 24.7 Å². The van der Waals surface area contributed by atoms with Crippen molar-refractivity contribution in [2.45, 2.75) is 51.4 Å². The van der Waals surface area contributed by atoms with Crippen LogP contribution in [-0.4, -0.2) is 41.4 Å². The van der Waals surface area contributed by atoms with E-state index in [1.807, 2.05) is 68.4 Å². The number of carbonyl (C=O) groups excluding carboxylic acids is 1. The zero-order valence-corrected chi connectivity index (χ0v) is 17.5. The number of benzene rings is 2. The van der Waals surface area contributed by atoms with Gasteiger partial charge in [-0.1, -0.05) is 42.5 Å². The quantitative estimate of drug-likeness (QED) is 0.784. The highest BCUT2D eigenvalue weighted by Crippen LogP contribution is 2.35. The maximum absolute atomic E-state index is 12.9. The van der Waals surface area contributed by atoms with Gasteiger partial charge in [-0.2, -0.15) is 0 Å². The summed E-state index contributed by atoms with van der Waals surface area (Å²) in [5.74, 6) is 0.776. The fraction of sp³-hybridized carbons (Fsp3) is 0.458. The molecule has 1 aliphatic heterocycles. The van der Waals surface area contributed by atoms with Gasteiger partial charge in [0.25, 0.3) is 0 Å². The first-order valence-electron chi connectivity index (χ1n) is 10.2. The molecular formula is C24H31NO4. The second-order valence-electron chi connectivity index (χ2n) is 8.26. The van der Waals surface area contributed by atoms with Gasteiger partial charge < -0.3 is 19.5 Å². The topological polar surface area (TPSA) is 59.0 Å². The van der Waals surface area contributed by atoms with Crippen LogP contribution in [0.25, 0.3) is 0 Å². The average molecular weight is 398 g/mol. The summed E-state index contributed by atoms with van der Waals surface area (Å²) >= 11 is 0. The number of hydrogen-bond donors (Lipinski definition) is 1. The van der Waals surface area contributed by atoms with Crippen molar-refractivity contribution in [1.82, 2.24) is 4.90 Å². The fourth-order valence-corrected chi connectivity index (χ4v) is 4.17. The van der Waals surface area contributed by atoms with Gasteiger partial charge in [0.15, 0.2) is 0 Å². The van der Waals surface area contributed by atoms with Crippen LogP contribution in [0.1, 0.15) is 37.8 Å². The Balaban J connectivity index is 1.77. The summed E-state index contributed by atoms with van der Waals surface area (Å²) in [7, 11) is 1.64. The molecule has 29 heavy (non-hydrogen) atoms. The lowest BCUT2D eigenvalue weighted by atomic mass is 9.76. The summed E-state index contributed by atoms with van der Waals surface area (Å²) in [5.41, 5.74) is 1.19. The molecule has 5 nitrogen and oxygen atoms in total. The second kappa shape index (κ2) is 9.31. The summed E-state index contributed by atoms with van der Waals surface area (Å²) in [5, 5.41) is 10.8. The third kappa shape index (κ3) is 5.51. The molecule has 1 N–H and O–H groups in total. The number of nitrogens with zero attached hydrogens (tertiary/aromatic N) is 1. The highest BCUT2D eigenvalue weighted by atomic mass is 16.6. The molecule has 1 heterocycles. The van der Waals surface area contributed by atoms with E-state index in [9.17, 15) is 9.90 Å². The Kier molecular flexibility index (Phi) is 6.80. The van der Waals surface area contributed by atoms with E-state index in [0.717, 1.165) is 29.7 Å². The summed E-state index contributed by atoms with van der Waals surface area (Å²) in [6, 6.07) is 17.4. The predicted octanol–water partition coefficient (Wildman–Crippen LogP) is 4.43. The minimum atomic E-state index is -0.879. The molecule has 0 radical (unpaired) electrons. The largest absolute Gasteiger partial charge is 0.497 e. The van der Waals surface area contributed by atoms with Crippen LogP contribution in [0.3, 0.4) is 0 Å². The number of ether oxygens (including phenoxy) is 2. The minimum absolute atomic E-state index is 0.0253. The van der Waals surface area contributed by atoms with Crippen LogP contribution in [0.2, 0.25) is 0 Å². The van der Waals surface area contributed by atoms with Gasteiger partial charge in [0.2, 0.25) is 0 Å². The van der Waals surface area contributed by atoms with Crippen molar-refractivity contribution in [3.8, 4) is 5.75 Å². The Morgan fingerprint density at radius 1 is 1.10 bits per heavy atom. The first kappa shape index (κ1) is 21.2. The van der Waals surface area contributed by atoms with Crippen LogP contribution in [0.5, 0.6) is 5.75 Å². The maximum Gasteiger partial charge on any atom is 0.410 e. The van der Waals surface area contributed by atoms with Crippen molar-refractivity contribution >= 4 is 6.09 Å². The molecule has 0 aromatic heterocycles. The van der Waals surface area contributed by atoms with Crippen LogP contribution in [0.15, 0.2) is 54.6 Å². The Morgan fingerprint density at radius 2 is 1.79 bits per heavy atom. The monoisotopic (exact) mass is 397 g/mol. The predicted molar refractivity (Wildman–Crippen MR) is 113 cm³/mol. The minimum Gasteiger partial charge on any atom is -0.497 e. The zero-order valence-electron chi connectivity index (χ0n) is 17.5. The molecule has 1 aliphatic rings. The lowest BCUT2D eigenvalue weighted by Gasteiger charge is -2.45. The smallest absolute Gasteiger partial charge is 0.410 e. The van der Waals surface area contributed by atoms with Crippen molar-refractivity contribution in [3.05, 3.63) is 65.7 Å². The van der Waals surface area contributed by atoms with Crippen molar-refractivity contribution < 1.29 is 19.4 Å². The summed E-state index contributed by atoms with van der Waals surface area (Å²) in [4.78, 5) is 14.8. The van der Waals surface area contributed by atoms with Crippen molar-refractivity contribution in [3.63, 3.8) is 0 Å². The van der Waals surface area contributed by atoms with Crippen LogP contribution in [-0.2, 0) is 17.8 Å². The Labute approximate surface area is 173 Å². The van der Waals surface area contributed by atoms with E-state index in [1.54, 1.807) is 12.0 Å². The van der Waals surface area contributed by atoms with Crippen molar-refractivity contribution in [2.75, 3.05) is 13.7 Å². The summed E-state index contributed by atoms with van der Waals surface area (Å²) in [6.07, 6.45) is 2.08. The van der Waals surface area contributed by atoms with E-state index < -0.39 is 5.60 Å². The van der Waals surface area contributed by atoms with Crippen LogP contribution in [0, 0.1) is 5.92 Å². The number of piperidine rings is 1. The van der Waals surface area contributed by atoms with E-state index in [0.29, 0.717) is 13.0 Å². The van der Waals surface area contributed by atoms with Gasteiger partial charge in [0.05, 0.1) is 12.7 Å². The first-order chi connectivity index (χ1) is 13.9. The molecule has 0 spiro atoms. The first-order valence-corrected chi connectivity index (χ1v) is 10.2. The van der Waals surface area contributed by atoms with E-state index >= 15 is 0 Å². The number of methoxy groups -OCH3 is 1. The third-order valence-corrected chi connectivity index (χ3v) is 5.73. The van der Waals surface area contributed by atoms with Gasteiger partial charge in [-0.25, -0.2) is 4.79 Å². The molecule has 0 bridgehead atoms. The number of aliphatic hydroxyl groups is 1. The fourth-order valence-electron chi connectivity index (χ4n) is 4.17. The van der Waals surface area contributed by atoms with Crippen LogP contribution < -0.4 is 4.74 Å². The van der Waals surface area contributed by atoms with Crippen LogP contribution in [0.4, 0.5) is 4.79 Å². The molecule has 1 saturated heterocycles. The molecule has 3 rings (SSSR count). The molecule has 2 atom stereocenters. The SMILES string of the molecule is COc1ccc(C[C@@H]2[C@@H](C(C)(C)O)CCCN2C(=O)OCc2ccccc2)cc1. The number of amides is 1. The van der Waals surface area contributed by atoms with Gasteiger partial charge in [-0.3, -0.25) is 0 Å². The van der Waals surface area contributed by atoms with Crippen molar-refractivity contribution in [1.29, 1.82) is 0 Å². The summed E-state index contributed by atoms with van der Waals surface area (Å²) in [6.45, 7) is 4.55. The lowest BCUT2D eigenvalue weighted by molar-refractivity contribution is -0.0489. The average Bonchev–Trinajstić information content (AvgIpc) is 2.72. The molecule has 0 saturated carbocycles. The molecule has 156 valence electrons. The zero-order chi connectivity index (χ0) is 20.9. The number of hydrogen-bond acceptors (Lipinski definition) is 4. The third-order valence-electron chi connectivity index (χ3n) is 5.73. The Hall–Kier alpha value is -2.53. The van der Waals surface area contributed by atoms with Crippen molar-refractivity contribution in [2.24, 2.45) is 5.92 Å². The standard InChI is InChI=1S/C24H31NO4/c1-24(2,27)21-10-7-15-25(23(26)29-17-19-8-5-4-6-9-19)22(21)16-18-11-13-20(28-3)14-12-18/h4-6,8-9,11-14,21-22,27H,7,10,15-17H2,1-3H3/t21-,22+/m0/s1. The number of likely N-dealkylation sites (tertiary alicyclic amines) is 1. The molecule has 5 heteroatoms. The number of carbonyl (C=O) groups is 1. The summed E-state index contributed by atoms with van der Waals surface area (Å²) < 4.78 is 10.9.